The molecule has 1 aromatic carbocycles. The number of hydrogen-bond donors (Lipinski definition) is 1. The van der Waals surface area contributed by atoms with Crippen LogP contribution in [0.2, 0.25) is 10.0 Å². The Morgan fingerprint density at radius 2 is 2.12 bits per heavy atom. The molecule has 1 atom stereocenters. The summed E-state index contributed by atoms with van der Waals surface area (Å²) in [7, 11) is 1.74. The van der Waals surface area contributed by atoms with Crippen molar-refractivity contribution in [2.24, 2.45) is 0 Å². The number of halogens is 2. The summed E-state index contributed by atoms with van der Waals surface area (Å²) in [5.74, 6) is -0.854. The molecule has 1 unspecified atom stereocenters. The van der Waals surface area contributed by atoms with E-state index in [-0.39, 0.29) is 0 Å². The molecule has 1 N–H and O–H groups in total. The zero-order valence-corrected chi connectivity index (χ0v) is 10.6. The Balaban J connectivity index is 2.77. The lowest BCUT2D eigenvalue weighted by atomic mass is 10.2. The van der Waals surface area contributed by atoms with Gasteiger partial charge >= 0.3 is 5.97 Å². The van der Waals surface area contributed by atoms with Gasteiger partial charge in [-0.1, -0.05) is 29.3 Å². The van der Waals surface area contributed by atoms with Crippen LogP contribution in [-0.4, -0.2) is 29.1 Å². The first-order valence-electron chi connectivity index (χ1n) is 4.78. The average molecular weight is 262 g/mol. The van der Waals surface area contributed by atoms with E-state index in [9.17, 15) is 4.79 Å². The van der Waals surface area contributed by atoms with Crippen molar-refractivity contribution in [1.82, 2.24) is 4.90 Å². The van der Waals surface area contributed by atoms with Crippen LogP contribution < -0.4 is 0 Å². The molecule has 0 aliphatic heterocycles. The van der Waals surface area contributed by atoms with Gasteiger partial charge in [0.25, 0.3) is 0 Å². The summed E-state index contributed by atoms with van der Waals surface area (Å²) in [6, 6.07) is 4.64. The molecule has 0 radical (unpaired) electrons. The number of hydrogen-bond acceptors (Lipinski definition) is 2. The molecule has 5 heteroatoms. The first-order valence-corrected chi connectivity index (χ1v) is 5.54. The Morgan fingerprint density at radius 1 is 1.50 bits per heavy atom. The van der Waals surface area contributed by atoms with E-state index in [2.05, 4.69) is 0 Å². The highest BCUT2D eigenvalue weighted by molar-refractivity contribution is 6.35. The predicted molar refractivity (Wildman–Crippen MR) is 65.0 cm³/mol. The summed E-state index contributed by atoms with van der Waals surface area (Å²) in [6.45, 7) is 2.11. The van der Waals surface area contributed by atoms with Crippen LogP contribution >= 0.6 is 23.2 Å². The van der Waals surface area contributed by atoms with Crippen LogP contribution in [0.4, 0.5) is 0 Å². The number of carboxylic acid groups (broad SMARTS) is 1. The minimum Gasteiger partial charge on any atom is -0.480 e. The topological polar surface area (TPSA) is 40.5 Å². The molecule has 0 aliphatic rings. The van der Waals surface area contributed by atoms with Gasteiger partial charge < -0.3 is 5.11 Å². The lowest BCUT2D eigenvalue weighted by Crippen LogP contribution is -2.35. The highest BCUT2D eigenvalue weighted by atomic mass is 35.5. The summed E-state index contributed by atoms with van der Waals surface area (Å²) < 4.78 is 0. The minimum atomic E-state index is -0.854. The summed E-state index contributed by atoms with van der Waals surface area (Å²) in [4.78, 5) is 12.5. The lowest BCUT2D eigenvalue weighted by Gasteiger charge is -2.21. The van der Waals surface area contributed by atoms with E-state index in [0.717, 1.165) is 5.56 Å². The Morgan fingerprint density at radius 3 is 2.62 bits per heavy atom. The van der Waals surface area contributed by atoms with Crippen LogP contribution in [-0.2, 0) is 11.3 Å². The van der Waals surface area contributed by atoms with E-state index in [1.165, 1.54) is 0 Å². The Hall–Kier alpha value is -0.770. The van der Waals surface area contributed by atoms with Crippen molar-refractivity contribution in [3.05, 3.63) is 33.8 Å². The fourth-order valence-electron chi connectivity index (χ4n) is 1.24. The number of aliphatic carboxylic acids is 1. The monoisotopic (exact) mass is 261 g/mol. The van der Waals surface area contributed by atoms with Gasteiger partial charge in [0.2, 0.25) is 0 Å². The number of carboxylic acids is 1. The van der Waals surface area contributed by atoms with Gasteiger partial charge in [-0.25, -0.2) is 0 Å². The van der Waals surface area contributed by atoms with Crippen molar-refractivity contribution in [2.75, 3.05) is 7.05 Å². The fraction of sp³-hybridized carbons (Fsp3) is 0.364. The predicted octanol–water partition coefficient (Wildman–Crippen LogP) is 2.90. The van der Waals surface area contributed by atoms with Crippen LogP contribution in [0.25, 0.3) is 0 Å². The number of benzene rings is 1. The molecule has 3 nitrogen and oxygen atoms in total. The molecule has 0 heterocycles. The zero-order chi connectivity index (χ0) is 12.3. The van der Waals surface area contributed by atoms with Crippen molar-refractivity contribution in [1.29, 1.82) is 0 Å². The molecular weight excluding hydrogens is 249 g/mol. The fourth-order valence-corrected chi connectivity index (χ4v) is 1.71. The molecule has 1 rings (SSSR count). The Labute approximate surface area is 105 Å². The summed E-state index contributed by atoms with van der Waals surface area (Å²) in [5, 5.41) is 9.97. The van der Waals surface area contributed by atoms with Gasteiger partial charge in [0.1, 0.15) is 6.04 Å². The van der Waals surface area contributed by atoms with Crippen molar-refractivity contribution < 1.29 is 9.90 Å². The molecule has 16 heavy (non-hydrogen) atoms. The third kappa shape index (κ3) is 3.37. The van der Waals surface area contributed by atoms with Gasteiger partial charge in [0.15, 0.2) is 0 Å². The van der Waals surface area contributed by atoms with Gasteiger partial charge in [-0.05, 0) is 31.7 Å². The van der Waals surface area contributed by atoms with E-state index in [1.54, 1.807) is 37.1 Å². The molecule has 88 valence electrons. The first kappa shape index (κ1) is 13.3. The van der Waals surface area contributed by atoms with Crippen molar-refractivity contribution in [3.8, 4) is 0 Å². The van der Waals surface area contributed by atoms with Crippen LogP contribution in [0.3, 0.4) is 0 Å². The molecule has 0 amide bonds. The highest BCUT2D eigenvalue weighted by Crippen LogP contribution is 2.22. The van der Waals surface area contributed by atoms with Gasteiger partial charge in [0, 0.05) is 16.6 Å². The zero-order valence-electron chi connectivity index (χ0n) is 9.08. The van der Waals surface area contributed by atoms with E-state index >= 15 is 0 Å². The Kier molecular flexibility index (Phi) is 4.59. The van der Waals surface area contributed by atoms with E-state index in [0.29, 0.717) is 16.6 Å². The third-order valence-electron chi connectivity index (χ3n) is 2.45. The third-order valence-corrected chi connectivity index (χ3v) is 3.04. The number of likely N-dealkylation sites (N-methyl/N-ethyl adjacent to an activating group) is 1. The van der Waals surface area contributed by atoms with Gasteiger partial charge in [-0.15, -0.1) is 0 Å². The lowest BCUT2D eigenvalue weighted by molar-refractivity contribution is -0.142. The van der Waals surface area contributed by atoms with E-state index < -0.39 is 12.0 Å². The maximum absolute atomic E-state index is 10.8. The van der Waals surface area contributed by atoms with Crippen LogP contribution in [0, 0.1) is 0 Å². The summed E-state index contributed by atoms with van der Waals surface area (Å²) >= 11 is 11.8. The van der Waals surface area contributed by atoms with Gasteiger partial charge in [-0.3, -0.25) is 9.69 Å². The van der Waals surface area contributed by atoms with Crippen LogP contribution in [0.5, 0.6) is 0 Å². The number of rotatable bonds is 4. The SMILES string of the molecule is CC(C(=O)O)N(C)Cc1ccc(Cl)cc1Cl. The standard InChI is InChI=1S/C11H13Cl2NO2/c1-7(11(15)16)14(2)6-8-3-4-9(12)5-10(8)13/h3-5,7H,6H2,1-2H3,(H,15,16). The number of nitrogens with zero attached hydrogens (tertiary/aromatic N) is 1. The smallest absolute Gasteiger partial charge is 0.320 e. The number of carbonyl (C=O) groups is 1. The second-order valence-corrected chi connectivity index (χ2v) is 4.51. The van der Waals surface area contributed by atoms with Crippen LogP contribution in [0.1, 0.15) is 12.5 Å². The molecule has 0 fully saturated rings. The molecule has 0 bridgehead atoms. The maximum Gasteiger partial charge on any atom is 0.320 e. The van der Waals surface area contributed by atoms with Crippen molar-refractivity contribution in [3.63, 3.8) is 0 Å². The second kappa shape index (κ2) is 5.53. The molecule has 0 saturated heterocycles. The van der Waals surface area contributed by atoms with Gasteiger partial charge in [-0.2, -0.15) is 0 Å². The molecule has 0 aliphatic carbocycles. The van der Waals surface area contributed by atoms with E-state index in [1.807, 2.05) is 0 Å². The summed E-state index contributed by atoms with van der Waals surface area (Å²) in [5.41, 5.74) is 0.863. The summed E-state index contributed by atoms with van der Waals surface area (Å²) in [6.07, 6.45) is 0. The van der Waals surface area contributed by atoms with Crippen molar-refractivity contribution in [2.45, 2.75) is 19.5 Å². The molecular formula is C11H13Cl2NO2. The largest absolute Gasteiger partial charge is 0.480 e. The quantitative estimate of drug-likeness (QED) is 0.906. The van der Waals surface area contributed by atoms with Crippen molar-refractivity contribution >= 4 is 29.2 Å². The minimum absolute atomic E-state index is 0.476. The molecule has 0 aromatic heterocycles. The van der Waals surface area contributed by atoms with E-state index in [4.69, 9.17) is 28.3 Å². The normalized spacial score (nSPS) is 12.8. The Bertz CT molecular complexity index is 396. The molecule has 0 saturated carbocycles. The molecule has 1 aromatic rings. The maximum atomic E-state index is 10.8. The first-order chi connectivity index (χ1) is 7.41. The highest BCUT2D eigenvalue weighted by Gasteiger charge is 2.17. The molecule has 0 spiro atoms. The average Bonchev–Trinajstić information content (AvgIpc) is 2.20. The van der Waals surface area contributed by atoms with Crippen LogP contribution in [0.15, 0.2) is 18.2 Å². The second-order valence-electron chi connectivity index (χ2n) is 3.67. The van der Waals surface area contributed by atoms with Gasteiger partial charge in [0.05, 0.1) is 0 Å².